The molecule has 0 bridgehead atoms. The Morgan fingerprint density at radius 3 is 2.76 bits per heavy atom. The maximum absolute atomic E-state index is 11.5. The molecule has 5 nitrogen and oxygen atoms in total. The lowest BCUT2D eigenvalue weighted by Gasteiger charge is -2.12. The smallest absolute Gasteiger partial charge is 0.328 e. The van der Waals surface area contributed by atoms with Gasteiger partial charge in [-0.2, -0.15) is 0 Å². The Labute approximate surface area is 128 Å². The van der Waals surface area contributed by atoms with Crippen LogP contribution in [0.25, 0.3) is 6.08 Å². The van der Waals surface area contributed by atoms with Gasteiger partial charge in [-0.05, 0) is 26.0 Å². The lowest BCUT2D eigenvalue weighted by molar-refractivity contribution is -0.131. The Morgan fingerprint density at radius 1 is 1.43 bits per heavy atom. The Bertz CT molecular complexity index is 540. The number of carboxylic acids is 1. The number of carboxylic acid groups (broad SMARTS) is 1. The zero-order valence-corrected chi connectivity index (χ0v) is 12.7. The first kappa shape index (κ1) is 17.0. The molecule has 0 saturated carbocycles. The number of ether oxygens (including phenoxy) is 1. The van der Waals surface area contributed by atoms with Gasteiger partial charge in [-0.1, -0.05) is 23.7 Å². The summed E-state index contributed by atoms with van der Waals surface area (Å²) in [6.45, 7) is 3.92. The number of carbonyl (C=O) groups excluding carboxylic acids is 1. The molecular weight excluding hydrogens is 294 g/mol. The number of rotatable bonds is 7. The minimum absolute atomic E-state index is 0.0758. The molecule has 114 valence electrons. The van der Waals surface area contributed by atoms with Crippen LogP contribution in [0.1, 0.15) is 25.8 Å². The van der Waals surface area contributed by atoms with E-state index in [2.05, 4.69) is 5.32 Å². The van der Waals surface area contributed by atoms with Crippen LogP contribution in [0.5, 0.6) is 5.75 Å². The number of carbonyl (C=O) groups is 2. The molecule has 0 unspecified atom stereocenters. The minimum atomic E-state index is -1.06. The summed E-state index contributed by atoms with van der Waals surface area (Å²) in [6.07, 6.45) is 2.60. The second-order valence-corrected chi connectivity index (χ2v) is 5.06. The lowest BCUT2D eigenvalue weighted by atomic mass is 10.2. The first-order valence-corrected chi connectivity index (χ1v) is 6.89. The Balaban J connectivity index is 2.69. The third kappa shape index (κ3) is 6.31. The van der Waals surface area contributed by atoms with Crippen molar-refractivity contribution in [2.45, 2.75) is 26.3 Å². The van der Waals surface area contributed by atoms with E-state index in [0.29, 0.717) is 16.3 Å². The summed E-state index contributed by atoms with van der Waals surface area (Å²) < 4.78 is 5.52. The van der Waals surface area contributed by atoms with Crippen molar-refractivity contribution in [1.82, 2.24) is 5.32 Å². The lowest BCUT2D eigenvalue weighted by Crippen LogP contribution is -2.31. The van der Waals surface area contributed by atoms with Gasteiger partial charge in [0.15, 0.2) is 0 Å². The van der Waals surface area contributed by atoms with Crippen LogP contribution in [0.2, 0.25) is 5.02 Å². The number of hydrogen-bond donors (Lipinski definition) is 2. The molecule has 0 radical (unpaired) electrons. The molecule has 0 aromatic heterocycles. The van der Waals surface area contributed by atoms with Gasteiger partial charge in [0.05, 0.1) is 18.1 Å². The van der Waals surface area contributed by atoms with Crippen LogP contribution in [0.15, 0.2) is 24.3 Å². The van der Waals surface area contributed by atoms with Crippen molar-refractivity contribution in [3.63, 3.8) is 0 Å². The van der Waals surface area contributed by atoms with Crippen LogP contribution in [0.3, 0.4) is 0 Å². The van der Waals surface area contributed by atoms with E-state index in [-0.39, 0.29) is 25.0 Å². The average molecular weight is 312 g/mol. The maximum atomic E-state index is 11.5. The molecule has 0 spiro atoms. The molecule has 1 rings (SSSR count). The summed E-state index contributed by atoms with van der Waals surface area (Å²) in [4.78, 5) is 22.1. The minimum Gasteiger partial charge on any atom is -0.491 e. The summed E-state index contributed by atoms with van der Waals surface area (Å²) in [5.41, 5.74) is 0.550. The third-order valence-corrected chi connectivity index (χ3v) is 2.73. The fraction of sp³-hybridized carbons (Fsp3) is 0.333. The fourth-order valence-corrected chi connectivity index (χ4v) is 1.85. The molecule has 6 heteroatoms. The molecule has 2 N–H and O–H groups in total. The van der Waals surface area contributed by atoms with Gasteiger partial charge in [0.2, 0.25) is 5.91 Å². The second-order valence-electron chi connectivity index (χ2n) is 4.65. The Morgan fingerprint density at radius 2 is 2.14 bits per heavy atom. The highest BCUT2D eigenvalue weighted by Gasteiger charge is 2.09. The van der Waals surface area contributed by atoms with Crippen LogP contribution in [-0.4, -0.2) is 29.6 Å². The van der Waals surface area contributed by atoms with E-state index in [4.69, 9.17) is 21.4 Å². The van der Waals surface area contributed by atoms with Gasteiger partial charge < -0.3 is 15.2 Å². The quantitative estimate of drug-likeness (QED) is 0.759. The molecule has 21 heavy (non-hydrogen) atoms. The molecule has 0 atom stereocenters. The zero-order chi connectivity index (χ0) is 15.8. The van der Waals surface area contributed by atoms with Crippen molar-refractivity contribution in [2.75, 3.05) is 6.61 Å². The highest BCUT2D eigenvalue weighted by atomic mass is 35.5. The highest BCUT2D eigenvalue weighted by molar-refractivity contribution is 6.32. The largest absolute Gasteiger partial charge is 0.491 e. The number of aliphatic carboxylic acids is 1. The van der Waals surface area contributed by atoms with Gasteiger partial charge >= 0.3 is 5.97 Å². The van der Waals surface area contributed by atoms with Crippen molar-refractivity contribution in [1.29, 1.82) is 0 Å². The van der Waals surface area contributed by atoms with Crippen LogP contribution in [0, 0.1) is 0 Å². The number of halogens is 1. The number of amides is 1. The van der Waals surface area contributed by atoms with Gasteiger partial charge in [0.1, 0.15) is 5.75 Å². The topological polar surface area (TPSA) is 75.6 Å². The average Bonchev–Trinajstić information content (AvgIpc) is 2.37. The Kier molecular flexibility index (Phi) is 6.75. The molecule has 0 aliphatic rings. The van der Waals surface area contributed by atoms with Crippen LogP contribution in [-0.2, 0) is 9.59 Å². The summed E-state index contributed by atoms with van der Waals surface area (Å²) in [5, 5.41) is 11.8. The van der Waals surface area contributed by atoms with Crippen LogP contribution >= 0.6 is 11.6 Å². The molecule has 0 heterocycles. The van der Waals surface area contributed by atoms with Crippen LogP contribution < -0.4 is 10.1 Å². The van der Waals surface area contributed by atoms with Crippen molar-refractivity contribution >= 4 is 29.6 Å². The Hall–Kier alpha value is -2.01. The normalized spacial score (nSPS) is 10.9. The van der Waals surface area contributed by atoms with Crippen molar-refractivity contribution in [3.05, 3.63) is 34.9 Å². The highest BCUT2D eigenvalue weighted by Crippen LogP contribution is 2.29. The number of hydrogen-bond acceptors (Lipinski definition) is 3. The van der Waals surface area contributed by atoms with Gasteiger partial charge in [0.25, 0.3) is 0 Å². The zero-order valence-electron chi connectivity index (χ0n) is 11.9. The molecular formula is C15H18ClNO4. The predicted octanol–water partition coefficient (Wildman–Crippen LogP) is 2.73. The van der Waals surface area contributed by atoms with Gasteiger partial charge in [-0.25, -0.2) is 4.79 Å². The predicted molar refractivity (Wildman–Crippen MR) is 81.5 cm³/mol. The van der Waals surface area contributed by atoms with Gasteiger partial charge in [-0.3, -0.25) is 4.79 Å². The fourth-order valence-electron chi connectivity index (χ4n) is 1.61. The van der Waals surface area contributed by atoms with E-state index in [9.17, 15) is 9.59 Å². The van der Waals surface area contributed by atoms with E-state index in [0.717, 1.165) is 6.08 Å². The SMILES string of the molecule is CC(C)NC(=O)CCOc1c(Cl)cccc1/C=C/C(=O)O. The van der Waals surface area contributed by atoms with Crippen molar-refractivity contribution in [3.8, 4) is 5.75 Å². The van der Waals surface area contributed by atoms with E-state index in [1.807, 2.05) is 13.8 Å². The maximum Gasteiger partial charge on any atom is 0.328 e. The number of benzene rings is 1. The number of nitrogens with one attached hydrogen (secondary N) is 1. The van der Waals surface area contributed by atoms with E-state index in [1.165, 1.54) is 6.08 Å². The summed E-state index contributed by atoms with van der Waals surface area (Å²) >= 11 is 6.04. The summed E-state index contributed by atoms with van der Waals surface area (Å²) in [6, 6.07) is 5.10. The summed E-state index contributed by atoms with van der Waals surface area (Å²) in [5.74, 6) is -0.800. The summed E-state index contributed by atoms with van der Waals surface area (Å²) in [7, 11) is 0. The molecule has 0 saturated heterocycles. The van der Waals surface area contributed by atoms with E-state index in [1.54, 1.807) is 18.2 Å². The van der Waals surface area contributed by atoms with Gasteiger partial charge in [-0.15, -0.1) is 0 Å². The van der Waals surface area contributed by atoms with Crippen molar-refractivity contribution < 1.29 is 19.4 Å². The first-order valence-electron chi connectivity index (χ1n) is 6.52. The van der Waals surface area contributed by atoms with Gasteiger partial charge in [0, 0.05) is 17.7 Å². The van der Waals surface area contributed by atoms with E-state index >= 15 is 0 Å². The molecule has 1 aromatic carbocycles. The molecule has 0 aliphatic carbocycles. The molecule has 1 amide bonds. The van der Waals surface area contributed by atoms with E-state index < -0.39 is 5.97 Å². The van der Waals surface area contributed by atoms with Crippen molar-refractivity contribution in [2.24, 2.45) is 0 Å². The molecule has 0 aliphatic heterocycles. The van der Waals surface area contributed by atoms with Crippen LogP contribution in [0.4, 0.5) is 0 Å². The monoisotopic (exact) mass is 311 g/mol. The molecule has 1 aromatic rings. The standard InChI is InChI=1S/C15H18ClNO4/c1-10(2)17-13(18)8-9-21-15-11(6-7-14(19)20)4-3-5-12(15)16/h3-7,10H,8-9H2,1-2H3,(H,17,18)(H,19,20)/b7-6+. The first-order chi connectivity index (χ1) is 9.90. The second kappa shape index (κ2) is 8.32. The third-order valence-electron chi connectivity index (χ3n) is 2.43. The number of para-hydroxylation sites is 1. The molecule has 0 fully saturated rings.